The number of nitrogens with zero attached hydrogens (tertiary/aromatic N) is 5. The molecule has 176 valence electrons. The molecule has 4 rings (SSSR count). The summed E-state index contributed by atoms with van der Waals surface area (Å²) in [4.78, 5) is 27.2. The maximum absolute atomic E-state index is 11.7. The second kappa shape index (κ2) is 9.41. The van der Waals surface area contributed by atoms with Crippen LogP contribution in [0.2, 0.25) is 5.15 Å². The highest BCUT2D eigenvalue weighted by atomic mass is 35.5. The van der Waals surface area contributed by atoms with E-state index in [1.165, 1.54) is 6.07 Å². The first-order valence-corrected chi connectivity index (χ1v) is 11.3. The van der Waals surface area contributed by atoms with Gasteiger partial charge in [0.05, 0.1) is 41.5 Å². The van der Waals surface area contributed by atoms with Crippen LogP contribution >= 0.6 is 11.6 Å². The Labute approximate surface area is 202 Å². The van der Waals surface area contributed by atoms with Gasteiger partial charge in [-0.3, -0.25) is 0 Å². The van der Waals surface area contributed by atoms with Gasteiger partial charge in [-0.25, -0.2) is 19.7 Å². The van der Waals surface area contributed by atoms with Crippen molar-refractivity contribution in [1.29, 1.82) is 5.26 Å². The van der Waals surface area contributed by atoms with Crippen molar-refractivity contribution >= 4 is 40.1 Å². The van der Waals surface area contributed by atoms with Gasteiger partial charge >= 0.3 is 5.97 Å². The fourth-order valence-electron chi connectivity index (χ4n) is 4.15. The molecule has 0 radical (unpaired) electrons. The Hall–Kier alpha value is -3.48. The summed E-state index contributed by atoms with van der Waals surface area (Å²) in [6.07, 6.45) is 0.00478. The van der Waals surface area contributed by atoms with Gasteiger partial charge in [-0.05, 0) is 51.5 Å². The number of aryl methyl sites for hydroxylation is 1. The van der Waals surface area contributed by atoms with Gasteiger partial charge in [0, 0.05) is 12.1 Å². The predicted molar refractivity (Wildman–Crippen MR) is 129 cm³/mol. The molecule has 1 fully saturated rings. The van der Waals surface area contributed by atoms with Crippen LogP contribution in [0.4, 0.5) is 11.5 Å². The van der Waals surface area contributed by atoms with Crippen LogP contribution < -0.4 is 10.2 Å². The van der Waals surface area contributed by atoms with E-state index in [1.54, 1.807) is 6.07 Å². The third-order valence-electron chi connectivity index (χ3n) is 5.81. The number of ether oxygens (including phenoxy) is 1. The van der Waals surface area contributed by atoms with Crippen molar-refractivity contribution in [3.63, 3.8) is 0 Å². The second-order valence-electron chi connectivity index (χ2n) is 8.58. The summed E-state index contributed by atoms with van der Waals surface area (Å²) in [6, 6.07) is 8.91. The molecular weight excluding hydrogens is 456 g/mol. The average molecular weight is 481 g/mol. The van der Waals surface area contributed by atoms with E-state index in [4.69, 9.17) is 21.3 Å². The summed E-state index contributed by atoms with van der Waals surface area (Å²) in [7, 11) is 0. The number of aromatic carboxylic acids is 1. The number of aromatic nitrogens is 3. The van der Waals surface area contributed by atoms with Crippen molar-refractivity contribution in [2.24, 2.45) is 0 Å². The van der Waals surface area contributed by atoms with E-state index in [0.29, 0.717) is 35.7 Å². The zero-order valence-corrected chi connectivity index (χ0v) is 20.1. The quantitative estimate of drug-likeness (QED) is 0.513. The molecule has 0 spiro atoms. The van der Waals surface area contributed by atoms with E-state index in [0.717, 1.165) is 11.1 Å². The Balaban J connectivity index is 1.82. The number of morpholine rings is 1. The number of carbonyl (C=O) groups is 1. The minimum absolute atomic E-state index is 0.00478. The molecule has 1 aliphatic heterocycles. The fraction of sp³-hybridized carbons (Fsp3) is 0.375. The van der Waals surface area contributed by atoms with Crippen LogP contribution in [0, 0.1) is 18.3 Å². The lowest BCUT2D eigenvalue weighted by Crippen LogP contribution is -2.48. The van der Waals surface area contributed by atoms with Crippen LogP contribution in [-0.4, -0.2) is 51.3 Å². The number of fused-ring (bicyclic) bond motifs is 1. The van der Waals surface area contributed by atoms with Crippen LogP contribution in [0.3, 0.4) is 0 Å². The summed E-state index contributed by atoms with van der Waals surface area (Å²) in [6.45, 7) is 9.00. The van der Waals surface area contributed by atoms with Gasteiger partial charge in [0.2, 0.25) is 0 Å². The molecule has 10 heteroatoms. The lowest BCUT2D eigenvalue weighted by atomic mass is 10.0. The van der Waals surface area contributed by atoms with E-state index >= 15 is 0 Å². The standard InChI is InChI=1S/C24H25ClN6O3/c1-12-7-16(15(4)27-17-5-6-20(25)29-22(17)24(32)33)21-18(8-12)28-19(9-26)23(30-21)31-10-14(3)34-11-13(31)2/h5-8,13-15,27H,10-11H2,1-4H3,(H,32,33)/t13-,14-,15+/m0/s1. The van der Waals surface area contributed by atoms with Crippen LogP contribution in [0.15, 0.2) is 24.3 Å². The Bertz CT molecular complexity index is 1310. The van der Waals surface area contributed by atoms with Crippen LogP contribution in [0.25, 0.3) is 11.0 Å². The number of nitrogens with one attached hydrogen (secondary N) is 1. The van der Waals surface area contributed by atoms with Gasteiger partial charge in [-0.2, -0.15) is 5.26 Å². The predicted octanol–water partition coefficient (Wildman–Crippen LogP) is 4.34. The Kier molecular flexibility index (Phi) is 6.55. The molecule has 0 amide bonds. The topological polar surface area (TPSA) is 124 Å². The molecule has 3 atom stereocenters. The number of pyridine rings is 1. The van der Waals surface area contributed by atoms with Gasteiger partial charge in [-0.1, -0.05) is 17.7 Å². The van der Waals surface area contributed by atoms with Crippen molar-refractivity contribution in [3.05, 3.63) is 51.9 Å². The summed E-state index contributed by atoms with van der Waals surface area (Å²) < 4.78 is 5.74. The maximum atomic E-state index is 11.7. The maximum Gasteiger partial charge on any atom is 0.356 e. The van der Waals surface area contributed by atoms with Crippen molar-refractivity contribution < 1.29 is 14.6 Å². The number of halogens is 1. The van der Waals surface area contributed by atoms with Gasteiger partial charge in [0.1, 0.15) is 11.2 Å². The number of anilines is 2. The summed E-state index contributed by atoms with van der Waals surface area (Å²) in [5.74, 6) is -0.656. The summed E-state index contributed by atoms with van der Waals surface area (Å²) in [5, 5.41) is 22.7. The normalized spacial score (nSPS) is 19.0. The number of carboxylic acid groups (broad SMARTS) is 1. The first-order valence-electron chi connectivity index (χ1n) is 10.9. The van der Waals surface area contributed by atoms with E-state index in [-0.39, 0.29) is 34.7 Å². The highest BCUT2D eigenvalue weighted by Crippen LogP contribution is 2.31. The molecule has 1 saturated heterocycles. The molecule has 0 bridgehead atoms. The number of nitriles is 1. The second-order valence-corrected chi connectivity index (χ2v) is 8.96. The van der Waals surface area contributed by atoms with Crippen LogP contribution in [0.5, 0.6) is 0 Å². The number of hydrogen-bond donors (Lipinski definition) is 2. The van der Waals surface area contributed by atoms with Crippen LogP contribution in [-0.2, 0) is 4.74 Å². The van der Waals surface area contributed by atoms with Crippen molar-refractivity contribution in [3.8, 4) is 6.07 Å². The highest BCUT2D eigenvalue weighted by molar-refractivity contribution is 6.29. The molecular formula is C24H25ClN6O3. The highest BCUT2D eigenvalue weighted by Gasteiger charge is 2.28. The molecule has 0 saturated carbocycles. The minimum Gasteiger partial charge on any atom is -0.476 e. The molecule has 1 aliphatic rings. The van der Waals surface area contributed by atoms with Crippen molar-refractivity contribution in [1.82, 2.24) is 15.0 Å². The average Bonchev–Trinajstić information content (AvgIpc) is 2.80. The minimum atomic E-state index is -1.18. The zero-order valence-electron chi connectivity index (χ0n) is 19.3. The molecule has 0 aliphatic carbocycles. The molecule has 3 aromatic rings. The van der Waals surface area contributed by atoms with E-state index in [2.05, 4.69) is 26.3 Å². The Morgan fingerprint density at radius 3 is 2.79 bits per heavy atom. The molecule has 2 N–H and O–H groups in total. The molecule has 0 unspecified atom stereocenters. The van der Waals surface area contributed by atoms with Gasteiger partial charge < -0.3 is 20.1 Å². The van der Waals surface area contributed by atoms with Gasteiger partial charge in [0.15, 0.2) is 17.2 Å². The smallest absolute Gasteiger partial charge is 0.356 e. The van der Waals surface area contributed by atoms with E-state index in [1.807, 2.05) is 39.8 Å². The Morgan fingerprint density at radius 2 is 2.09 bits per heavy atom. The number of hydrogen-bond acceptors (Lipinski definition) is 8. The van der Waals surface area contributed by atoms with Gasteiger partial charge in [0.25, 0.3) is 0 Å². The van der Waals surface area contributed by atoms with E-state index in [9.17, 15) is 15.2 Å². The van der Waals surface area contributed by atoms with Crippen molar-refractivity contribution in [2.75, 3.05) is 23.4 Å². The van der Waals surface area contributed by atoms with Crippen molar-refractivity contribution in [2.45, 2.75) is 45.9 Å². The largest absolute Gasteiger partial charge is 0.476 e. The fourth-order valence-corrected chi connectivity index (χ4v) is 4.30. The molecule has 34 heavy (non-hydrogen) atoms. The molecule has 9 nitrogen and oxygen atoms in total. The first-order chi connectivity index (χ1) is 16.2. The van der Waals surface area contributed by atoms with Crippen LogP contribution in [0.1, 0.15) is 54.1 Å². The summed E-state index contributed by atoms with van der Waals surface area (Å²) in [5.41, 5.74) is 3.47. The molecule has 2 aromatic heterocycles. The third-order valence-corrected chi connectivity index (χ3v) is 6.02. The monoisotopic (exact) mass is 480 g/mol. The third kappa shape index (κ3) is 4.60. The lowest BCUT2D eigenvalue weighted by Gasteiger charge is -2.37. The SMILES string of the molecule is Cc1cc([C@@H](C)Nc2ccc(Cl)nc2C(=O)O)c2nc(N3C[C@H](C)OC[C@@H]3C)c(C#N)nc2c1. The zero-order chi connectivity index (χ0) is 24.6. The summed E-state index contributed by atoms with van der Waals surface area (Å²) >= 11 is 5.89. The lowest BCUT2D eigenvalue weighted by molar-refractivity contribution is 0.0340. The number of carboxylic acids is 1. The van der Waals surface area contributed by atoms with E-state index < -0.39 is 5.97 Å². The van der Waals surface area contributed by atoms with Gasteiger partial charge in [-0.15, -0.1) is 0 Å². The molecule has 1 aromatic carbocycles. The number of benzene rings is 1. The molecule has 3 heterocycles. The Morgan fingerprint density at radius 1 is 1.32 bits per heavy atom. The number of rotatable bonds is 5. The first kappa shape index (κ1) is 23.7.